The van der Waals surface area contributed by atoms with E-state index in [2.05, 4.69) is 6.58 Å². The Morgan fingerprint density at radius 3 is 2.12 bits per heavy atom. The van der Waals surface area contributed by atoms with Crippen molar-refractivity contribution in [1.29, 1.82) is 0 Å². The molecule has 0 N–H and O–H groups in total. The monoisotopic (exact) mass is 260 g/mol. The number of ether oxygens (including phenoxy) is 1. The zero-order chi connectivity index (χ0) is 13.3. The summed E-state index contributed by atoms with van der Waals surface area (Å²) in [6, 6.07) is 0. The normalized spacial score (nSPS) is 13.2. The molecule has 0 rings (SSSR count). The molecule has 5 heteroatoms. The van der Waals surface area contributed by atoms with Gasteiger partial charge >= 0.3 is 14.5 Å². The molecule has 0 aromatic heterocycles. The average molecular weight is 260 g/mol. The van der Waals surface area contributed by atoms with Gasteiger partial charge in [0.05, 0.1) is 0 Å². The zero-order valence-electron chi connectivity index (χ0n) is 11.3. The summed E-state index contributed by atoms with van der Waals surface area (Å²) in [7, 11) is -2.46. The van der Waals surface area contributed by atoms with Crippen molar-refractivity contribution in [3.63, 3.8) is 0 Å². The summed E-state index contributed by atoms with van der Waals surface area (Å²) >= 11 is 0. The minimum absolute atomic E-state index is 0.342. The second-order valence-corrected chi connectivity index (χ2v) is 7.42. The van der Waals surface area contributed by atoms with E-state index in [1.54, 1.807) is 0 Å². The lowest BCUT2D eigenvalue weighted by atomic mass is 10.5. The van der Waals surface area contributed by atoms with Crippen LogP contribution in [-0.4, -0.2) is 33.5 Å². The SMILES string of the molecule is C=CC(=O)OC(C)[Si](C)(OCCC)OCCC. The van der Waals surface area contributed by atoms with Gasteiger partial charge in [-0.3, -0.25) is 0 Å². The van der Waals surface area contributed by atoms with E-state index in [0.29, 0.717) is 13.2 Å². The molecule has 0 heterocycles. The van der Waals surface area contributed by atoms with Gasteiger partial charge in [0.2, 0.25) is 0 Å². The number of hydrogen-bond acceptors (Lipinski definition) is 4. The van der Waals surface area contributed by atoms with Crippen LogP contribution in [0.15, 0.2) is 12.7 Å². The third-order valence-electron chi connectivity index (χ3n) is 2.38. The van der Waals surface area contributed by atoms with Gasteiger partial charge < -0.3 is 13.6 Å². The van der Waals surface area contributed by atoms with Crippen LogP contribution in [0.2, 0.25) is 6.55 Å². The van der Waals surface area contributed by atoms with Crippen LogP contribution in [0.3, 0.4) is 0 Å². The molecule has 0 amide bonds. The zero-order valence-corrected chi connectivity index (χ0v) is 12.3. The Morgan fingerprint density at radius 1 is 1.29 bits per heavy atom. The van der Waals surface area contributed by atoms with Crippen molar-refractivity contribution < 1.29 is 18.4 Å². The molecule has 1 unspecified atom stereocenters. The van der Waals surface area contributed by atoms with Gasteiger partial charge in [0, 0.05) is 19.3 Å². The molecule has 0 saturated carbocycles. The minimum Gasteiger partial charge on any atom is -0.458 e. The molecular weight excluding hydrogens is 236 g/mol. The smallest absolute Gasteiger partial charge is 0.376 e. The molecule has 0 aliphatic carbocycles. The molecule has 0 spiro atoms. The topological polar surface area (TPSA) is 44.8 Å². The maximum Gasteiger partial charge on any atom is 0.376 e. The van der Waals surface area contributed by atoms with Crippen molar-refractivity contribution in [2.75, 3.05) is 13.2 Å². The summed E-state index contributed by atoms with van der Waals surface area (Å²) in [6.45, 7) is 12.5. The van der Waals surface area contributed by atoms with Crippen LogP contribution in [0, 0.1) is 0 Å². The van der Waals surface area contributed by atoms with Crippen molar-refractivity contribution in [3.05, 3.63) is 12.7 Å². The molecule has 1 atom stereocenters. The van der Waals surface area contributed by atoms with E-state index in [1.807, 2.05) is 27.3 Å². The molecule has 0 aliphatic rings. The van der Waals surface area contributed by atoms with E-state index < -0.39 is 14.5 Å². The second kappa shape index (κ2) is 8.44. The number of hydrogen-bond donors (Lipinski definition) is 0. The maximum absolute atomic E-state index is 11.2. The molecule has 4 nitrogen and oxygen atoms in total. The highest BCUT2D eigenvalue weighted by molar-refractivity contribution is 6.67. The first-order valence-electron chi connectivity index (χ1n) is 6.11. The van der Waals surface area contributed by atoms with Gasteiger partial charge in [-0.1, -0.05) is 20.4 Å². The van der Waals surface area contributed by atoms with Gasteiger partial charge in [-0.2, -0.15) is 0 Å². The van der Waals surface area contributed by atoms with E-state index in [1.165, 1.54) is 0 Å². The molecule has 0 bridgehead atoms. The average Bonchev–Trinajstić information content (AvgIpc) is 2.33. The summed E-state index contributed by atoms with van der Waals surface area (Å²) in [5.41, 5.74) is -0.342. The van der Waals surface area contributed by atoms with Crippen LogP contribution in [0.4, 0.5) is 0 Å². The second-order valence-electron chi connectivity index (χ2n) is 4.00. The Balaban J connectivity index is 4.51. The quantitative estimate of drug-likeness (QED) is 0.363. The molecular formula is C12H24O4Si. The summed E-state index contributed by atoms with van der Waals surface area (Å²) in [4.78, 5) is 11.2. The predicted molar refractivity (Wildman–Crippen MR) is 69.9 cm³/mol. The van der Waals surface area contributed by atoms with E-state index in [9.17, 15) is 4.79 Å². The summed E-state index contributed by atoms with van der Waals surface area (Å²) in [6.07, 6.45) is 2.99. The van der Waals surface area contributed by atoms with Crippen LogP contribution >= 0.6 is 0 Å². The largest absolute Gasteiger partial charge is 0.458 e. The van der Waals surface area contributed by atoms with Crippen LogP contribution in [0.1, 0.15) is 33.6 Å². The summed E-state index contributed by atoms with van der Waals surface area (Å²) in [5.74, 6) is -0.434. The number of esters is 1. The number of carbonyl (C=O) groups excluding carboxylic acids is 1. The predicted octanol–water partition coefficient (Wildman–Crippen LogP) is 2.57. The Labute approximate surface area is 105 Å². The molecule has 0 aromatic rings. The fourth-order valence-corrected chi connectivity index (χ4v) is 3.32. The minimum atomic E-state index is -2.46. The Kier molecular flexibility index (Phi) is 8.12. The molecule has 17 heavy (non-hydrogen) atoms. The summed E-state index contributed by atoms with van der Waals surface area (Å²) in [5, 5.41) is 0. The third kappa shape index (κ3) is 6.00. The Hall–Kier alpha value is -0.653. The molecule has 0 saturated heterocycles. The van der Waals surface area contributed by atoms with Gasteiger partial charge in [-0.25, -0.2) is 4.79 Å². The van der Waals surface area contributed by atoms with Gasteiger partial charge in [0.25, 0.3) is 0 Å². The van der Waals surface area contributed by atoms with Gasteiger partial charge in [-0.05, 0) is 26.3 Å². The standard InChI is InChI=1S/C12H24O4Si/c1-6-9-14-17(5,15-10-7-2)11(4)16-12(13)8-3/h8,11H,3,6-7,9-10H2,1-2,4-5H3. The van der Waals surface area contributed by atoms with E-state index in [0.717, 1.165) is 18.9 Å². The Morgan fingerprint density at radius 2 is 1.76 bits per heavy atom. The summed E-state index contributed by atoms with van der Waals surface area (Å²) < 4.78 is 16.8. The molecule has 0 radical (unpaired) electrons. The van der Waals surface area contributed by atoms with Gasteiger partial charge in [0.1, 0.15) is 5.73 Å². The van der Waals surface area contributed by atoms with Gasteiger partial charge in [-0.15, -0.1) is 0 Å². The number of carbonyl (C=O) groups is 1. The van der Waals surface area contributed by atoms with E-state index >= 15 is 0 Å². The maximum atomic E-state index is 11.2. The first-order valence-corrected chi connectivity index (χ1v) is 8.50. The first-order chi connectivity index (χ1) is 8.00. The number of rotatable bonds is 9. The van der Waals surface area contributed by atoms with Crippen molar-refractivity contribution in [2.45, 2.75) is 45.9 Å². The third-order valence-corrected chi connectivity index (χ3v) is 5.53. The first kappa shape index (κ1) is 16.3. The fourth-order valence-electron chi connectivity index (χ4n) is 1.22. The van der Waals surface area contributed by atoms with Crippen LogP contribution in [0.5, 0.6) is 0 Å². The highest BCUT2D eigenvalue weighted by Crippen LogP contribution is 2.17. The van der Waals surface area contributed by atoms with E-state index in [4.69, 9.17) is 13.6 Å². The van der Waals surface area contributed by atoms with Crippen molar-refractivity contribution in [2.24, 2.45) is 0 Å². The van der Waals surface area contributed by atoms with Crippen molar-refractivity contribution in [3.8, 4) is 0 Å². The van der Waals surface area contributed by atoms with Crippen molar-refractivity contribution in [1.82, 2.24) is 0 Å². The molecule has 0 fully saturated rings. The van der Waals surface area contributed by atoms with E-state index in [-0.39, 0.29) is 5.73 Å². The Bertz CT molecular complexity index is 235. The molecule has 0 aromatic carbocycles. The van der Waals surface area contributed by atoms with Crippen LogP contribution in [-0.2, 0) is 18.4 Å². The van der Waals surface area contributed by atoms with Crippen LogP contribution in [0.25, 0.3) is 0 Å². The lowest BCUT2D eigenvalue weighted by Gasteiger charge is -2.31. The van der Waals surface area contributed by atoms with Crippen molar-refractivity contribution >= 4 is 14.5 Å². The molecule has 100 valence electrons. The lowest BCUT2D eigenvalue weighted by Crippen LogP contribution is -2.51. The van der Waals surface area contributed by atoms with Crippen LogP contribution < -0.4 is 0 Å². The lowest BCUT2D eigenvalue weighted by molar-refractivity contribution is -0.140. The highest BCUT2D eigenvalue weighted by Gasteiger charge is 2.41. The molecule has 0 aliphatic heterocycles. The van der Waals surface area contributed by atoms with Gasteiger partial charge in [0.15, 0.2) is 0 Å². The fraction of sp³-hybridized carbons (Fsp3) is 0.750. The highest BCUT2D eigenvalue weighted by atomic mass is 28.4.